The van der Waals surface area contributed by atoms with Crippen molar-refractivity contribution in [2.24, 2.45) is 7.05 Å². The zero-order valence-electron chi connectivity index (χ0n) is 24.6. The summed E-state index contributed by atoms with van der Waals surface area (Å²) in [7, 11) is 1.36. The first kappa shape index (κ1) is 32.1. The highest BCUT2D eigenvalue weighted by Crippen LogP contribution is 2.40. The third kappa shape index (κ3) is 6.16. The number of anilines is 1. The van der Waals surface area contributed by atoms with Gasteiger partial charge in [0.2, 0.25) is 0 Å². The van der Waals surface area contributed by atoms with E-state index in [1.807, 2.05) is 6.92 Å². The summed E-state index contributed by atoms with van der Waals surface area (Å²) in [5.41, 5.74) is -2.22. The number of pyridine rings is 1. The molecule has 2 aliphatic heterocycles. The van der Waals surface area contributed by atoms with Gasteiger partial charge in [-0.05, 0) is 54.3 Å². The zero-order valence-corrected chi connectivity index (χ0v) is 24.6. The van der Waals surface area contributed by atoms with E-state index in [2.05, 4.69) is 5.32 Å². The fraction of sp³-hybridized carbons (Fsp3) is 0.387. The van der Waals surface area contributed by atoms with Gasteiger partial charge >= 0.3 is 12.1 Å². The molecule has 45 heavy (non-hydrogen) atoms. The summed E-state index contributed by atoms with van der Waals surface area (Å²) in [6.45, 7) is 4.07. The van der Waals surface area contributed by atoms with Crippen molar-refractivity contribution in [3.05, 3.63) is 85.8 Å². The van der Waals surface area contributed by atoms with Crippen molar-refractivity contribution in [1.29, 1.82) is 0 Å². The lowest BCUT2D eigenvalue weighted by Crippen LogP contribution is -2.44. The molecule has 0 spiro atoms. The molecule has 2 aliphatic rings. The molecule has 3 heterocycles. The number of halogens is 5. The van der Waals surface area contributed by atoms with Crippen LogP contribution in [0, 0.1) is 18.6 Å². The molecule has 2 aromatic carbocycles. The van der Waals surface area contributed by atoms with Crippen LogP contribution in [0.3, 0.4) is 0 Å². The number of alkyl halides is 3. The molecule has 0 aliphatic carbocycles. The maximum absolute atomic E-state index is 15.1. The third-order valence-electron chi connectivity index (χ3n) is 8.25. The van der Waals surface area contributed by atoms with Crippen molar-refractivity contribution in [2.45, 2.75) is 51.7 Å². The molecule has 1 amide bonds. The van der Waals surface area contributed by atoms with Crippen LogP contribution in [0.2, 0.25) is 0 Å². The average Bonchev–Trinajstić information content (AvgIpc) is 3.46. The first-order valence-corrected chi connectivity index (χ1v) is 14.1. The fourth-order valence-corrected chi connectivity index (χ4v) is 5.78. The lowest BCUT2D eigenvalue weighted by molar-refractivity contribution is -0.139. The molecular formula is C31H30F5N3O6. The van der Waals surface area contributed by atoms with Gasteiger partial charge < -0.3 is 29.4 Å². The third-order valence-corrected chi connectivity index (χ3v) is 8.25. The van der Waals surface area contributed by atoms with E-state index in [4.69, 9.17) is 9.47 Å². The van der Waals surface area contributed by atoms with Crippen LogP contribution >= 0.6 is 0 Å². The Morgan fingerprint density at radius 2 is 1.76 bits per heavy atom. The minimum Gasteiger partial charge on any atom is -0.480 e. The second-order valence-electron chi connectivity index (χ2n) is 11.1. The number of aryl methyl sites for hydroxylation is 1. The monoisotopic (exact) mass is 635 g/mol. The Morgan fingerprint density at radius 3 is 2.38 bits per heavy atom. The van der Waals surface area contributed by atoms with Crippen molar-refractivity contribution in [3.63, 3.8) is 0 Å². The number of morpholine rings is 1. The maximum atomic E-state index is 15.1. The molecule has 2 atom stereocenters. The number of aromatic nitrogens is 1. The second kappa shape index (κ2) is 12.2. The highest BCUT2D eigenvalue weighted by atomic mass is 19.4. The molecule has 1 saturated heterocycles. The molecule has 0 radical (unpaired) electrons. The van der Waals surface area contributed by atoms with Gasteiger partial charge in [0.15, 0.2) is 0 Å². The predicted molar refractivity (Wildman–Crippen MR) is 152 cm³/mol. The molecule has 2 N–H and O–H groups in total. The summed E-state index contributed by atoms with van der Waals surface area (Å²) in [6, 6.07) is 3.71. The van der Waals surface area contributed by atoms with E-state index in [0.29, 0.717) is 30.9 Å². The highest BCUT2D eigenvalue weighted by Gasteiger charge is 2.38. The van der Waals surface area contributed by atoms with Gasteiger partial charge in [-0.1, -0.05) is 12.1 Å². The van der Waals surface area contributed by atoms with Crippen molar-refractivity contribution in [2.75, 3.05) is 24.7 Å². The van der Waals surface area contributed by atoms with E-state index in [0.717, 1.165) is 22.8 Å². The number of carboxylic acids is 1. The summed E-state index contributed by atoms with van der Waals surface area (Å²) >= 11 is 0. The minimum absolute atomic E-state index is 0.00564. The van der Waals surface area contributed by atoms with E-state index in [1.165, 1.54) is 26.1 Å². The van der Waals surface area contributed by atoms with E-state index in [9.17, 15) is 32.7 Å². The Hall–Kier alpha value is -4.30. The summed E-state index contributed by atoms with van der Waals surface area (Å²) in [5, 5.41) is 12.1. The number of nitrogens with zero attached hydrogens (tertiary/aromatic N) is 2. The number of carbonyl (C=O) groups excluding carboxylic acids is 1. The van der Waals surface area contributed by atoms with Gasteiger partial charge in [-0.15, -0.1) is 0 Å². The quantitative estimate of drug-likeness (QED) is 0.372. The molecule has 3 aromatic rings. The van der Waals surface area contributed by atoms with Crippen molar-refractivity contribution in [3.8, 4) is 11.1 Å². The second-order valence-corrected chi connectivity index (χ2v) is 11.1. The number of rotatable bonds is 7. The molecule has 1 fully saturated rings. The van der Waals surface area contributed by atoms with Crippen molar-refractivity contribution in [1.82, 2.24) is 9.88 Å². The fourth-order valence-electron chi connectivity index (χ4n) is 5.78. The van der Waals surface area contributed by atoms with E-state index in [-0.39, 0.29) is 48.2 Å². The highest BCUT2D eigenvalue weighted by molar-refractivity contribution is 5.97. The molecule has 1 aromatic heterocycles. The molecular weight excluding hydrogens is 605 g/mol. The van der Waals surface area contributed by atoms with Crippen LogP contribution in [-0.4, -0.2) is 53.4 Å². The number of fused-ring (bicyclic) bond motifs is 1. The molecule has 0 saturated carbocycles. The zero-order chi connectivity index (χ0) is 32.8. The Labute approximate surface area is 254 Å². The lowest BCUT2D eigenvalue weighted by Gasteiger charge is -2.35. The Morgan fingerprint density at radius 1 is 1.09 bits per heavy atom. The van der Waals surface area contributed by atoms with Crippen LogP contribution in [0.15, 0.2) is 35.1 Å². The Balaban J connectivity index is 1.45. The first-order chi connectivity index (χ1) is 21.2. The number of carbonyl (C=O) groups is 2. The Kier molecular flexibility index (Phi) is 8.73. The first-order valence-electron chi connectivity index (χ1n) is 14.1. The molecule has 1 unspecified atom stereocenters. The smallest absolute Gasteiger partial charge is 0.417 e. The van der Waals surface area contributed by atoms with Crippen LogP contribution in [0.4, 0.5) is 27.6 Å². The number of amides is 1. The summed E-state index contributed by atoms with van der Waals surface area (Å²) in [4.78, 5) is 40.0. The van der Waals surface area contributed by atoms with Gasteiger partial charge in [0.05, 0.1) is 37.6 Å². The number of carboxylic acid groups (broad SMARTS) is 1. The molecule has 240 valence electrons. The van der Waals surface area contributed by atoms with Crippen LogP contribution in [0.25, 0.3) is 11.1 Å². The topological polar surface area (TPSA) is 110 Å². The molecule has 9 nitrogen and oxygen atoms in total. The number of nitrogens with one attached hydrogen (secondary N) is 1. The number of aliphatic carboxylic acids is 1. The summed E-state index contributed by atoms with van der Waals surface area (Å²) in [6.07, 6.45) is -5.21. The van der Waals surface area contributed by atoms with Crippen molar-refractivity contribution >= 4 is 17.6 Å². The molecule has 14 heteroatoms. The van der Waals surface area contributed by atoms with E-state index >= 15 is 8.78 Å². The van der Waals surface area contributed by atoms with Gasteiger partial charge in [0.1, 0.15) is 23.2 Å². The molecule has 0 bridgehead atoms. The van der Waals surface area contributed by atoms with Gasteiger partial charge in [-0.25, -0.2) is 13.6 Å². The van der Waals surface area contributed by atoms with E-state index in [1.54, 1.807) is 4.90 Å². The molecule has 5 rings (SSSR count). The van der Waals surface area contributed by atoms with Crippen LogP contribution in [-0.2, 0) is 47.1 Å². The SMILES string of the molecule is Cc1cc(C(F)(F)F)c(-c2ccc(CC(NC(=O)c3c(F)cc(N4CCOC[C@@H]4C)cc3F)C(=O)O)c3c2COC3)c(=O)n1C. The van der Waals surface area contributed by atoms with Gasteiger partial charge in [-0.2, -0.15) is 13.2 Å². The standard InChI is InChI=1S/C31H30F5N3O6/c1-15-8-22(31(34,35)36)26(29(41)38(15)3)19-5-4-17(20-13-45-14-21(19)20)9-25(30(42)43)37-28(40)27-23(32)10-18(11-24(27)33)39-6-7-44-12-16(39)2/h4-5,8,10-11,16,25H,6-7,9,12-14H2,1-3H3,(H,37,40)(H,42,43)/t16-,25?/m0/s1. The summed E-state index contributed by atoms with van der Waals surface area (Å²) < 4.78 is 84.2. The Bertz CT molecular complexity index is 1720. The van der Waals surface area contributed by atoms with Gasteiger partial charge in [0, 0.05) is 37.4 Å². The minimum atomic E-state index is -4.83. The maximum Gasteiger partial charge on any atom is 0.417 e. The van der Waals surface area contributed by atoms with Crippen LogP contribution < -0.4 is 15.8 Å². The van der Waals surface area contributed by atoms with Crippen molar-refractivity contribution < 1.29 is 46.1 Å². The van der Waals surface area contributed by atoms with Gasteiger partial charge in [-0.3, -0.25) is 9.59 Å². The average molecular weight is 636 g/mol. The number of ether oxygens (including phenoxy) is 2. The number of benzene rings is 2. The summed E-state index contributed by atoms with van der Waals surface area (Å²) in [5.74, 6) is -5.15. The van der Waals surface area contributed by atoms with E-state index < -0.39 is 58.0 Å². The normalized spacial score (nSPS) is 17.2. The number of hydrogen-bond donors (Lipinski definition) is 2. The van der Waals surface area contributed by atoms with Crippen LogP contribution in [0.1, 0.15) is 45.2 Å². The van der Waals surface area contributed by atoms with Gasteiger partial charge in [0.25, 0.3) is 11.5 Å². The predicted octanol–water partition coefficient (Wildman–Crippen LogP) is 4.34. The lowest BCUT2D eigenvalue weighted by atomic mass is 9.89. The number of hydrogen-bond acceptors (Lipinski definition) is 6. The van der Waals surface area contributed by atoms with Crippen LogP contribution in [0.5, 0.6) is 0 Å². The largest absolute Gasteiger partial charge is 0.480 e.